The van der Waals surface area contributed by atoms with Gasteiger partial charge in [-0.2, -0.15) is 0 Å². The van der Waals surface area contributed by atoms with Crippen molar-refractivity contribution >= 4 is 5.97 Å². The third-order valence-electron chi connectivity index (χ3n) is 3.54. The van der Waals surface area contributed by atoms with Crippen molar-refractivity contribution in [2.75, 3.05) is 6.54 Å². The van der Waals surface area contributed by atoms with Crippen LogP contribution in [-0.2, 0) is 11.3 Å². The maximum Gasteiger partial charge on any atom is 0.306 e. The summed E-state index contributed by atoms with van der Waals surface area (Å²) in [5.41, 5.74) is 1.10. The highest BCUT2D eigenvalue weighted by Gasteiger charge is 2.30. The van der Waals surface area contributed by atoms with E-state index in [0.29, 0.717) is 0 Å². The van der Waals surface area contributed by atoms with Gasteiger partial charge in [-0.3, -0.25) is 4.79 Å². The molecule has 2 N–H and O–H groups in total. The molecule has 2 rings (SSSR count). The van der Waals surface area contributed by atoms with Crippen LogP contribution in [0.15, 0.2) is 23.0 Å². The molecular weight excluding hydrogens is 218 g/mol. The van der Waals surface area contributed by atoms with E-state index in [4.69, 9.17) is 9.52 Å². The van der Waals surface area contributed by atoms with Crippen LogP contribution in [0.1, 0.15) is 31.2 Å². The summed E-state index contributed by atoms with van der Waals surface area (Å²) in [4.78, 5) is 11.1. The first-order valence-electron chi connectivity index (χ1n) is 6.22. The quantitative estimate of drug-likeness (QED) is 0.824. The standard InChI is InChI=1S/C13H19NO3/c15-13(16)12-4-2-1-3-11(12)8-14-7-10-5-6-17-9-10/h5-6,9,11-12,14H,1-4,7-8H2,(H,15,16). The van der Waals surface area contributed by atoms with E-state index in [1.807, 2.05) is 6.07 Å². The molecule has 2 unspecified atom stereocenters. The number of hydrogen-bond acceptors (Lipinski definition) is 3. The van der Waals surface area contributed by atoms with Crippen LogP contribution in [0.4, 0.5) is 0 Å². The molecule has 1 aromatic rings. The van der Waals surface area contributed by atoms with Gasteiger partial charge in [-0.1, -0.05) is 12.8 Å². The molecule has 0 aliphatic heterocycles. The van der Waals surface area contributed by atoms with Crippen molar-refractivity contribution in [3.05, 3.63) is 24.2 Å². The maximum atomic E-state index is 11.1. The number of furan rings is 1. The molecule has 0 aromatic carbocycles. The molecule has 0 radical (unpaired) electrons. The third kappa shape index (κ3) is 3.33. The van der Waals surface area contributed by atoms with Gasteiger partial charge in [0.15, 0.2) is 0 Å². The number of carbonyl (C=O) groups is 1. The second kappa shape index (κ2) is 5.87. The molecule has 17 heavy (non-hydrogen) atoms. The molecular formula is C13H19NO3. The molecule has 0 saturated heterocycles. The molecule has 1 aromatic heterocycles. The first-order chi connectivity index (χ1) is 8.27. The lowest BCUT2D eigenvalue weighted by Crippen LogP contribution is -2.34. The summed E-state index contributed by atoms with van der Waals surface area (Å²) < 4.78 is 4.98. The second-order valence-corrected chi connectivity index (χ2v) is 4.75. The molecule has 0 amide bonds. The number of nitrogens with one attached hydrogen (secondary N) is 1. The van der Waals surface area contributed by atoms with Crippen molar-refractivity contribution in [1.82, 2.24) is 5.32 Å². The predicted octanol–water partition coefficient (Wildman–Crippen LogP) is 2.26. The van der Waals surface area contributed by atoms with Gasteiger partial charge >= 0.3 is 5.97 Å². The Bertz CT molecular complexity index is 348. The van der Waals surface area contributed by atoms with Gasteiger partial charge in [0.25, 0.3) is 0 Å². The monoisotopic (exact) mass is 237 g/mol. The first kappa shape index (κ1) is 12.2. The van der Waals surface area contributed by atoms with Gasteiger partial charge in [0.1, 0.15) is 0 Å². The predicted molar refractivity (Wildman–Crippen MR) is 63.5 cm³/mol. The van der Waals surface area contributed by atoms with Crippen molar-refractivity contribution in [2.45, 2.75) is 32.2 Å². The molecule has 1 fully saturated rings. The topological polar surface area (TPSA) is 62.5 Å². The highest BCUT2D eigenvalue weighted by atomic mass is 16.4. The summed E-state index contributed by atoms with van der Waals surface area (Å²) in [7, 11) is 0. The van der Waals surface area contributed by atoms with E-state index in [-0.39, 0.29) is 11.8 Å². The summed E-state index contributed by atoms with van der Waals surface area (Å²) in [6, 6.07) is 1.92. The molecule has 1 saturated carbocycles. The van der Waals surface area contributed by atoms with Crippen LogP contribution in [-0.4, -0.2) is 17.6 Å². The average Bonchev–Trinajstić information content (AvgIpc) is 2.82. The third-order valence-corrected chi connectivity index (χ3v) is 3.54. The number of carboxylic acid groups (broad SMARTS) is 1. The second-order valence-electron chi connectivity index (χ2n) is 4.75. The zero-order chi connectivity index (χ0) is 12.1. The van der Waals surface area contributed by atoms with Gasteiger partial charge in [-0.25, -0.2) is 0 Å². The fourth-order valence-corrected chi connectivity index (χ4v) is 2.57. The minimum atomic E-state index is -0.639. The Hall–Kier alpha value is -1.29. The Balaban J connectivity index is 1.78. The van der Waals surface area contributed by atoms with Crippen molar-refractivity contribution < 1.29 is 14.3 Å². The van der Waals surface area contributed by atoms with E-state index in [1.165, 1.54) is 0 Å². The van der Waals surface area contributed by atoms with E-state index in [1.54, 1.807) is 12.5 Å². The van der Waals surface area contributed by atoms with Gasteiger partial charge in [0.05, 0.1) is 18.4 Å². The molecule has 1 aliphatic carbocycles. The summed E-state index contributed by atoms with van der Waals surface area (Å²) in [6.07, 6.45) is 7.42. The van der Waals surface area contributed by atoms with E-state index in [0.717, 1.165) is 44.3 Å². The SMILES string of the molecule is O=C(O)C1CCCCC1CNCc1ccoc1. The van der Waals surface area contributed by atoms with Crippen molar-refractivity contribution in [2.24, 2.45) is 11.8 Å². The van der Waals surface area contributed by atoms with Gasteiger partial charge in [0.2, 0.25) is 0 Å². The van der Waals surface area contributed by atoms with Crippen LogP contribution in [0.2, 0.25) is 0 Å². The lowest BCUT2D eigenvalue weighted by atomic mass is 9.79. The Morgan fingerprint density at radius 1 is 1.47 bits per heavy atom. The molecule has 0 spiro atoms. The van der Waals surface area contributed by atoms with Crippen molar-refractivity contribution in [1.29, 1.82) is 0 Å². The Labute approximate surface area is 101 Å². The molecule has 1 heterocycles. The van der Waals surface area contributed by atoms with Gasteiger partial charge in [0, 0.05) is 12.1 Å². The van der Waals surface area contributed by atoms with Crippen LogP contribution in [0.25, 0.3) is 0 Å². The van der Waals surface area contributed by atoms with E-state index < -0.39 is 5.97 Å². The summed E-state index contributed by atoms with van der Waals surface area (Å²) in [5, 5.41) is 12.5. The lowest BCUT2D eigenvalue weighted by Gasteiger charge is -2.28. The smallest absolute Gasteiger partial charge is 0.306 e. The Morgan fingerprint density at radius 2 is 2.29 bits per heavy atom. The Morgan fingerprint density at radius 3 is 3.00 bits per heavy atom. The number of hydrogen-bond donors (Lipinski definition) is 2. The molecule has 4 heteroatoms. The molecule has 4 nitrogen and oxygen atoms in total. The molecule has 0 bridgehead atoms. The number of rotatable bonds is 5. The largest absolute Gasteiger partial charge is 0.481 e. The first-order valence-corrected chi connectivity index (χ1v) is 6.22. The minimum Gasteiger partial charge on any atom is -0.481 e. The summed E-state index contributed by atoms with van der Waals surface area (Å²) in [5.74, 6) is -0.534. The normalized spacial score (nSPS) is 24.7. The molecule has 1 aliphatic rings. The van der Waals surface area contributed by atoms with Crippen molar-refractivity contribution in [3.8, 4) is 0 Å². The maximum absolute atomic E-state index is 11.1. The van der Waals surface area contributed by atoms with Gasteiger partial charge < -0.3 is 14.8 Å². The van der Waals surface area contributed by atoms with Crippen LogP contribution in [0.3, 0.4) is 0 Å². The average molecular weight is 237 g/mol. The van der Waals surface area contributed by atoms with E-state index >= 15 is 0 Å². The highest BCUT2D eigenvalue weighted by Crippen LogP contribution is 2.29. The summed E-state index contributed by atoms with van der Waals surface area (Å²) >= 11 is 0. The van der Waals surface area contributed by atoms with Crippen molar-refractivity contribution in [3.63, 3.8) is 0 Å². The van der Waals surface area contributed by atoms with Crippen LogP contribution in [0.5, 0.6) is 0 Å². The highest BCUT2D eigenvalue weighted by molar-refractivity contribution is 5.70. The number of carboxylic acids is 1. The zero-order valence-electron chi connectivity index (χ0n) is 9.89. The van der Waals surface area contributed by atoms with Gasteiger partial charge in [-0.05, 0) is 31.4 Å². The minimum absolute atomic E-state index is 0.166. The van der Waals surface area contributed by atoms with Crippen LogP contribution < -0.4 is 5.32 Å². The molecule has 94 valence electrons. The fourth-order valence-electron chi connectivity index (χ4n) is 2.57. The number of aliphatic carboxylic acids is 1. The van der Waals surface area contributed by atoms with Crippen LogP contribution >= 0.6 is 0 Å². The molecule has 2 atom stereocenters. The Kier molecular flexibility index (Phi) is 4.20. The zero-order valence-corrected chi connectivity index (χ0v) is 9.89. The lowest BCUT2D eigenvalue weighted by molar-refractivity contribution is -0.144. The summed E-state index contributed by atoms with van der Waals surface area (Å²) in [6.45, 7) is 1.53. The fraction of sp³-hybridized carbons (Fsp3) is 0.615. The van der Waals surface area contributed by atoms with E-state index in [9.17, 15) is 4.79 Å². The van der Waals surface area contributed by atoms with E-state index in [2.05, 4.69) is 5.32 Å². The van der Waals surface area contributed by atoms with Gasteiger partial charge in [-0.15, -0.1) is 0 Å². The van der Waals surface area contributed by atoms with Crippen LogP contribution in [0, 0.1) is 11.8 Å².